The molecule has 1 N–H and O–H groups in total. The van der Waals surface area contributed by atoms with Crippen LogP contribution in [0.2, 0.25) is 0 Å². The monoisotopic (exact) mass is 480 g/mol. The van der Waals surface area contributed by atoms with E-state index in [4.69, 9.17) is 4.98 Å². The number of nitrogens with one attached hydrogen (secondary N) is 1. The second-order valence-corrected chi connectivity index (χ2v) is 11.5. The lowest BCUT2D eigenvalue weighted by molar-refractivity contribution is 0.216. The first kappa shape index (κ1) is 22.9. The summed E-state index contributed by atoms with van der Waals surface area (Å²) >= 11 is 1.38. The molecule has 1 aromatic carbocycles. The third kappa shape index (κ3) is 5.05. The minimum Gasteiger partial charge on any atom is -0.323 e. The summed E-state index contributed by atoms with van der Waals surface area (Å²) in [4.78, 5) is 24.6. The topological polar surface area (TPSA) is 111 Å². The molecule has 0 saturated carbocycles. The number of nitriles is 1. The lowest BCUT2D eigenvalue weighted by Gasteiger charge is -2.28. The molecular weight excluding hydrogens is 456 g/mol. The quantitative estimate of drug-likeness (QED) is 0.601. The van der Waals surface area contributed by atoms with E-state index in [0.29, 0.717) is 41.0 Å². The highest BCUT2D eigenvalue weighted by molar-refractivity contribution is 7.93. The van der Waals surface area contributed by atoms with Gasteiger partial charge in [-0.3, -0.25) is 10.3 Å². The van der Waals surface area contributed by atoms with Gasteiger partial charge in [-0.15, -0.1) is 0 Å². The van der Waals surface area contributed by atoms with Gasteiger partial charge in [0.2, 0.25) is 0 Å². The van der Waals surface area contributed by atoms with Gasteiger partial charge in [0.05, 0.1) is 22.2 Å². The van der Waals surface area contributed by atoms with Crippen molar-refractivity contribution in [2.24, 2.45) is 4.36 Å². The number of aryl methyl sites for hydroxylation is 2. The first-order valence-electron chi connectivity index (χ1n) is 10.4. The SMILES string of the molecule is CN=S1(=O)CCN(C(=O)Nc2nc(-c3cccc(C#N)c3)c(-c3cc(C)nc(C)c3)s2)CC1. The highest BCUT2D eigenvalue weighted by atomic mass is 32.2. The zero-order valence-electron chi connectivity index (χ0n) is 18.7. The molecule has 8 nitrogen and oxygen atoms in total. The highest BCUT2D eigenvalue weighted by Crippen LogP contribution is 2.39. The van der Waals surface area contributed by atoms with Crippen molar-refractivity contribution in [3.63, 3.8) is 0 Å². The molecule has 3 heterocycles. The summed E-state index contributed by atoms with van der Waals surface area (Å²) in [6.07, 6.45) is 0. The van der Waals surface area contributed by atoms with E-state index in [2.05, 4.69) is 20.7 Å². The second kappa shape index (κ2) is 9.29. The summed E-state index contributed by atoms with van der Waals surface area (Å²) in [5.41, 5.74) is 4.77. The van der Waals surface area contributed by atoms with Crippen molar-refractivity contribution in [2.45, 2.75) is 13.8 Å². The predicted molar refractivity (Wildman–Crippen MR) is 132 cm³/mol. The largest absolute Gasteiger partial charge is 0.323 e. The maximum absolute atomic E-state index is 12.9. The van der Waals surface area contributed by atoms with Gasteiger partial charge in [0, 0.05) is 58.3 Å². The average Bonchev–Trinajstić information content (AvgIpc) is 3.23. The van der Waals surface area contributed by atoms with E-state index in [1.807, 2.05) is 38.1 Å². The molecule has 1 fully saturated rings. The Morgan fingerprint density at radius 2 is 1.85 bits per heavy atom. The Kier molecular flexibility index (Phi) is 6.44. The standard InChI is InChI=1S/C23H24N6O2S2/c1-15-11-19(12-16(2)26-15)21-20(18-6-4-5-17(13-18)14-24)27-22(32-21)28-23(30)29-7-9-33(31,25-3)10-8-29/h4-6,11-13H,7-10H2,1-3H3,(H,27,28,30). The van der Waals surface area contributed by atoms with Gasteiger partial charge in [-0.25, -0.2) is 18.4 Å². The van der Waals surface area contributed by atoms with Crippen LogP contribution >= 0.6 is 11.3 Å². The van der Waals surface area contributed by atoms with Crippen molar-refractivity contribution in [3.8, 4) is 27.8 Å². The lowest BCUT2D eigenvalue weighted by atomic mass is 10.0. The van der Waals surface area contributed by atoms with Gasteiger partial charge in [0.1, 0.15) is 0 Å². The number of aromatic nitrogens is 2. The van der Waals surface area contributed by atoms with E-state index < -0.39 is 9.73 Å². The Morgan fingerprint density at radius 3 is 2.48 bits per heavy atom. The first-order valence-corrected chi connectivity index (χ1v) is 13.1. The van der Waals surface area contributed by atoms with E-state index in [1.54, 1.807) is 24.1 Å². The molecule has 0 aliphatic carbocycles. The van der Waals surface area contributed by atoms with Gasteiger partial charge in [-0.1, -0.05) is 23.5 Å². The smallest absolute Gasteiger partial charge is 0.323 e. The van der Waals surface area contributed by atoms with E-state index in [0.717, 1.165) is 27.4 Å². The molecule has 2 amide bonds. The molecular formula is C23H24N6O2S2. The number of rotatable bonds is 3. The number of carbonyl (C=O) groups excluding carboxylic acids is 1. The minimum atomic E-state index is -2.20. The minimum absolute atomic E-state index is 0.271. The molecule has 0 spiro atoms. The number of hydrogen-bond acceptors (Lipinski definition) is 7. The van der Waals surface area contributed by atoms with Gasteiger partial charge < -0.3 is 4.90 Å². The average molecular weight is 481 g/mol. The Hall–Kier alpha value is -3.29. The molecule has 1 saturated heterocycles. The van der Waals surface area contributed by atoms with E-state index in [9.17, 15) is 14.3 Å². The van der Waals surface area contributed by atoms with Crippen molar-refractivity contribution < 1.29 is 9.00 Å². The molecule has 1 aliphatic rings. The fourth-order valence-electron chi connectivity index (χ4n) is 3.74. The Labute approximate surface area is 197 Å². The molecule has 3 aromatic rings. The maximum Gasteiger partial charge on any atom is 0.323 e. The van der Waals surface area contributed by atoms with Crippen LogP contribution in [0.1, 0.15) is 17.0 Å². The number of carbonyl (C=O) groups is 1. The van der Waals surface area contributed by atoms with Crippen LogP contribution in [0.5, 0.6) is 0 Å². The maximum atomic E-state index is 12.9. The zero-order chi connectivity index (χ0) is 23.6. The summed E-state index contributed by atoms with van der Waals surface area (Å²) in [6.45, 7) is 4.65. The van der Waals surface area contributed by atoms with Crippen LogP contribution in [-0.2, 0) is 9.73 Å². The molecule has 1 aliphatic heterocycles. The molecule has 33 heavy (non-hydrogen) atoms. The summed E-state index contributed by atoms with van der Waals surface area (Å²) in [5.74, 6) is 0.754. The summed E-state index contributed by atoms with van der Waals surface area (Å²) in [7, 11) is -0.629. The van der Waals surface area contributed by atoms with Crippen molar-refractivity contribution >= 4 is 32.2 Å². The van der Waals surface area contributed by atoms with E-state index >= 15 is 0 Å². The molecule has 4 rings (SSSR count). The fourth-order valence-corrected chi connectivity index (χ4v) is 6.29. The van der Waals surface area contributed by atoms with Crippen LogP contribution in [0.25, 0.3) is 21.7 Å². The number of pyridine rings is 1. The molecule has 2 aromatic heterocycles. The molecule has 10 heteroatoms. The van der Waals surface area contributed by atoms with Crippen LogP contribution in [0, 0.1) is 25.2 Å². The van der Waals surface area contributed by atoms with Crippen LogP contribution in [0.15, 0.2) is 40.8 Å². The Balaban J connectivity index is 1.68. The normalized spacial score (nSPS) is 15.0. The van der Waals surface area contributed by atoms with Crippen LogP contribution < -0.4 is 5.32 Å². The Bertz CT molecular complexity index is 1350. The number of urea groups is 1. The first-order chi connectivity index (χ1) is 15.8. The van der Waals surface area contributed by atoms with Crippen molar-refractivity contribution in [1.82, 2.24) is 14.9 Å². The number of anilines is 1. The summed E-state index contributed by atoms with van der Waals surface area (Å²) < 4.78 is 16.4. The fraction of sp³-hybridized carbons (Fsp3) is 0.304. The van der Waals surface area contributed by atoms with E-state index in [1.165, 1.54) is 11.3 Å². The van der Waals surface area contributed by atoms with Crippen LogP contribution in [0.3, 0.4) is 0 Å². The number of hydrogen-bond donors (Lipinski definition) is 1. The number of benzene rings is 1. The van der Waals surface area contributed by atoms with Gasteiger partial charge in [0.25, 0.3) is 0 Å². The molecule has 0 unspecified atom stereocenters. The number of nitrogens with zero attached hydrogens (tertiary/aromatic N) is 5. The predicted octanol–water partition coefficient (Wildman–Crippen LogP) is 4.31. The van der Waals surface area contributed by atoms with Gasteiger partial charge in [0.15, 0.2) is 5.13 Å². The Morgan fingerprint density at radius 1 is 1.15 bits per heavy atom. The molecule has 170 valence electrons. The van der Waals surface area contributed by atoms with Gasteiger partial charge >= 0.3 is 6.03 Å². The third-order valence-corrected chi connectivity index (χ3v) is 8.76. The van der Waals surface area contributed by atoms with Crippen molar-refractivity contribution in [2.75, 3.05) is 37.0 Å². The second-order valence-electron chi connectivity index (χ2n) is 7.81. The summed E-state index contributed by atoms with van der Waals surface area (Å²) in [6, 6.07) is 13.1. The molecule has 0 bridgehead atoms. The van der Waals surface area contributed by atoms with Crippen molar-refractivity contribution in [1.29, 1.82) is 5.26 Å². The number of thiazole rings is 1. The summed E-state index contributed by atoms with van der Waals surface area (Å²) in [5, 5.41) is 12.7. The zero-order valence-corrected chi connectivity index (χ0v) is 20.3. The number of amides is 2. The van der Waals surface area contributed by atoms with Crippen LogP contribution in [0.4, 0.5) is 9.93 Å². The highest BCUT2D eigenvalue weighted by Gasteiger charge is 2.25. The third-order valence-electron chi connectivity index (χ3n) is 5.43. The van der Waals surface area contributed by atoms with Gasteiger partial charge in [-0.05, 0) is 43.7 Å². The van der Waals surface area contributed by atoms with E-state index in [-0.39, 0.29) is 6.03 Å². The van der Waals surface area contributed by atoms with Crippen molar-refractivity contribution in [3.05, 3.63) is 53.3 Å². The van der Waals surface area contributed by atoms with Gasteiger partial charge in [-0.2, -0.15) is 5.26 Å². The molecule has 0 radical (unpaired) electrons. The molecule has 0 atom stereocenters. The van der Waals surface area contributed by atoms with Crippen LogP contribution in [-0.4, -0.2) is 56.8 Å². The lowest BCUT2D eigenvalue weighted by Crippen LogP contribution is -2.45.